The minimum Gasteiger partial charge on any atom is -0.396 e. The van der Waals surface area contributed by atoms with Gasteiger partial charge in [0.05, 0.1) is 16.4 Å². The summed E-state index contributed by atoms with van der Waals surface area (Å²) in [6.45, 7) is 0.949. The number of anilines is 2. The minimum absolute atomic E-state index is 0.542. The lowest BCUT2D eigenvalue weighted by Crippen LogP contribution is -2.06. The van der Waals surface area contributed by atoms with Gasteiger partial charge in [-0.05, 0) is 42.5 Å². The van der Waals surface area contributed by atoms with Crippen molar-refractivity contribution in [2.45, 2.75) is 17.7 Å². The second kappa shape index (κ2) is 6.31. The van der Waals surface area contributed by atoms with Crippen LogP contribution in [-0.4, -0.2) is 17.0 Å². The van der Waals surface area contributed by atoms with Crippen LogP contribution in [0.4, 0.5) is 11.4 Å². The Balaban J connectivity index is 1.92. The standard InChI is InChI=1S/C17H19ClN2OS/c1-22(21)13-4-2-3-12(9-13)14-7-8-15(17(19)16(14)18)20-10-11-5-6-11/h2-4,7-9,11,20H,5-6,10,19H2,1H3. The quantitative estimate of drug-likeness (QED) is 0.808. The molecule has 5 heteroatoms. The molecule has 0 spiro atoms. The van der Waals surface area contributed by atoms with Gasteiger partial charge in [-0.25, -0.2) is 0 Å². The zero-order chi connectivity index (χ0) is 15.7. The Labute approximate surface area is 138 Å². The van der Waals surface area contributed by atoms with Crippen molar-refractivity contribution in [2.75, 3.05) is 23.9 Å². The Kier molecular flexibility index (Phi) is 4.41. The zero-order valence-electron chi connectivity index (χ0n) is 12.4. The maximum absolute atomic E-state index is 11.6. The molecule has 3 N–H and O–H groups in total. The SMILES string of the molecule is CS(=O)c1cccc(-c2ccc(NCC3CC3)c(N)c2Cl)c1. The van der Waals surface area contributed by atoms with Crippen molar-refractivity contribution in [3.8, 4) is 11.1 Å². The summed E-state index contributed by atoms with van der Waals surface area (Å²) in [5.74, 6) is 0.772. The van der Waals surface area contributed by atoms with Crippen LogP contribution in [0.1, 0.15) is 12.8 Å². The number of nitrogens with one attached hydrogen (secondary N) is 1. The van der Waals surface area contributed by atoms with Crippen LogP contribution < -0.4 is 11.1 Å². The molecule has 116 valence electrons. The summed E-state index contributed by atoms with van der Waals surface area (Å²) in [5.41, 5.74) is 9.42. The molecule has 1 unspecified atom stereocenters. The van der Waals surface area contributed by atoms with Gasteiger partial charge in [0.15, 0.2) is 0 Å². The van der Waals surface area contributed by atoms with Crippen molar-refractivity contribution in [3.05, 3.63) is 41.4 Å². The lowest BCUT2D eigenvalue weighted by molar-refractivity contribution is 0.687. The lowest BCUT2D eigenvalue weighted by Gasteiger charge is -2.14. The summed E-state index contributed by atoms with van der Waals surface area (Å²) >= 11 is 6.45. The number of benzene rings is 2. The predicted octanol–water partition coefficient (Wildman–Crippen LogP) is 4.15. The van der Waals surface area contributed by atoms with Crippen LogP contribution in [0.25, 0.3) is 11.1 Å². The molecule has 2 aromatic carbocycles. The van der Waals surface area contributed by atoms with Gasteiger partial charge in [-0.3, -0.25) is 4.21 Å². The first-order valence-electron chi connectivity index (χ1n) is 7.32. The maximum Gasteiger partial charge on any atom is 0.0745 e. The van der Waals surface area contributed by atoms with Gasteiger partial charge < -0.3 is 11.1 Å². The van der Waals surface area contributed by atoms with E-state index >= 15 is 0 Å². The Morgan fingerprint density at radius 1 is 1.32 bits per heavy atom. The second-order valence-corrected chi connectivity index (χ2v) is 7.45. The number of halogens is 1. The van der Waals surface area contributed by atoms with Crippen LogP contribution in [0.2, 0.25) is 5.02 Å². The molecule has 2 aromatic rings. The molecule has 0 bridgehead atoms. The minimum atomic E-state index is -1.02. The van der Waals surface area contributed by atoms with Gasteiger partial charge in [-0.1, -0.05) is 29.8 Å². The molecule has 1 saturated carbocycles. The molecule has 1 fully saturated rings. The summed E-state index contributed by atoms with van der Waals surface area (Å²) in [7, 11) is -1.02. The number of hydrogen-bond donors (Lipinski definition) is 2. The number of hydrogen-bond acceptors (Lipinski definition) is 3. The molecule has 22 heavy (non-hydrogen) atoms. The van der Waals surface area contributed by atoms with Gasteiger partial charge in [-0.2, -0.15) is 0 Å². The molecule has 0 saturated heterocycles. The van der Waals surface area contributed by atoms with E-state index in [0.717, 1.165) is 34.2 Å². The average Bonchev–Trinajstić information content (AvgIpc) is 3.33. The molecule has 3 rings (SSSR count). The molecule has 1 aliphatic rings. The van der Waals surface area contributed by atoms with E-state index in [0.29, 0.717) is 10.7 Å². The smallest absolute Gasteiger partial charge is 0.0745 e. The molecule has 1 aliphatic carbocycles. The fourth-order valence-electron chi connectivity index (χ4n) is 2.39. The molecule has 0 aromatic heterocycles. The molecule has 1 atom stereocenters. The van der Waals surface area contributed by atoms with Crippen LogP contribution in [0.3, 0.4) is 0 Å². The molecule has 0 heterocycles. The summed E-state index contributed by atoms with van der Waals surface area (Å²) < 4.78 is 11.6. The zero-order valence-corrected chi connectivity index (χ0v) is 14.0. The van der Waals surface area contributed by atoms with Gasteiger partial charge in [0.25, 0.3) is 0 Å². The third-order valence-electron chi connectivity index (χ3n) is 3.93. The van der Waals surface area contributed by atoms with Gasteiger partial charge >= 0.3 is 0 Å². The third kappa shape index (κ3) is 3.28. The molecule has 0 amide bonds. The van der Waals surface area contributed by atoms with E-state index in [1.54, 1.807) is 6.26 Å². The van der Waals surface area contributed by atoms with Crippen molar-refractivity contribution in [3.63, 3.8) is 0 Å². The monoisotopic (exact) mass is 334 g/mol. The van der Waals surface area contributed by atoms with Crippen LogP contribution in [0.15, 0.2) is 41.3 Å². The fraction of sp³-hybridized carbons (Fsp3) is 0.294. The van der Waals surface area contributed by atoms with Crippen LogP contribution in [0.5, 0.6) is 0 Å². The van der Waals surface area contributed by atoms with Crippen molar-refractivity contribution in [2.24, 2.45) is 5.92 Å². The van der Waals surface area contributed by atoms with Crippen LogP contribution in [0, 0.1) is 5.92 Å². The topological polar surface area (TPSA) is 55.1 Å². The Hall–Kier alpha value is -1.52. The van der Waals surface area contributed by atoms with Crippen molar-refractivity contribution >= 4 is 33.8 Å². The largest absolute Gasteiger partial charge is 0.396 e. The maximum atomic E-state index is 11.6. The van der Waals surface area contributed by atoms with Gasteiger partial charge in [-0.15, -0.1) is 0 Å². The average molecular weight is 335 g/mol. The molecule has 3 nitrogen and oxygen atoms in total. The van der Waals surface area contributed by atoms with Gasteiger partial charge in [0, 0.05) is 34.1 Å². The van der Waals surface area contributed by atoms with Crippen LogP contribution >= 0.6 is 11.6 Å². The van der Waals surface area contributed by atoms with E-state index in [1.165, 1.54) is 12.8 Å². The summed E-state index contributed by atoms with van der Waals surface area (Å²) in [4.78, 5) is 0.781. The highest BCUT2D eigenvalue weighted by Gasteiger charge is 2.21. The number of nitrogen functional groups attached to an aromatic ring is 1. The highest BCUT2D eigenvalue weighted by molar-refractivity contribution is 7.84. The lowest BCUT2D eigenvalue weighted by atomic mass is 10.0. The van der Waals surface area contributed by atoms with E-state index < -0.39 is 10.8 Å². The van der Waals surface area contributed by atoms with E-state index in [2.05, 4.69) is 5.32 Å². The van der Waals surface area contributed by atoms with Crippen molar-refractivity contribution in [1.29, 1.82) is 0 Å². The normalized spacial score (nSPS) is 15.5. The molecule has 0 radical (unpaired) electrons. The van der Waals surface area contributed by atoms with E-state index in [9.17, 15) is 4.21 Å². The first-order chi connectivity index (χ1) is 10.6. The summed E-state index contributed by atoms with van der Waals surface area (Å²) in [6, 6.07) is 11.5. The van der Waals surface area contributed by atoms with Crippen molar-refractivity contribution in [1.82, 2.24) is 0 Å². The Bertz CT molecular complexity index is 729. The van der Waals surface area contributed by atoms with E-state index in [-0.39, 0.29) is 0 Å². The number of nitrogens with two attached hydrogens (primary N) is 1. The summed E-state index contributed by atoms with van der Waals surface area (Å²) in [6.07, 6.45) is 4.25. The molecular weight excluding hydrogens is 316 g/mol. The predicted molar refractivity (Wildman–Crippen MR) is 94.8 cm³/mol. The Morgan fingerprint density at radius 3 is 2.77 bits per heavy atom. The second-order valence-electron chi connectivity index (χ2n) is 5.69. The highest BCUT2D eigenvalue weighted by Crippen LogP contribution is 2.38. The van der Waals surface area contributed by atoms with Gasteiger partial charge in [0.2, 0.25) is 0 Å². The molecule has 0 aliphatic heterocycles. The highest BCUT2D eigenvalue weighted by atomic mass is 35.5. The van der Waals surface area contributed by atoms with Crippen LogP contribution in [-0.2, 0) is 10.8 Å². The van der Waals surface area contributed by atoms with Gasteiger partial charge in [0.1, 0.15) is 0 Å². The summed E-state index contributed by atoms with van der Waals surface area (Å²) in [5, 5.41) is 3.91. The van der Waals surface area contributed by atoms with Crippen molar-refractivity contribution < 1.29 is 4.21 Å². The van der Waals surface area contributed by atoms with E-state index in [1.807, 2.05) is 36.4 Å². The Morgan fingerprint density at radius 2 is 2.09 bits per heavy atom. The third-order valence-corrected chi connectivity index (χ3v) is 5.26. The first-order valence-corrected chi connectivity index (χ1v) is 9.25. The fourth-order valence-corrected chi connectivity index (χ4v) is 3.23. The molecular formula is C17H19ClN2OS. The van der Waals surface area contributed by atoms with E-state index in [4.69, 9.17) is 17.3 Å². The first kappa shape index (κ1) is 15.4. The number of rotatable bonds is 5.